The van der Waals surface area contributed by atoms with Crippen LogP contribution in [0.4, 0.5) is 0 Å². The lowest BCUT2D eigenvalue weighted by atomic mass is 10.00. The Balaban J connectivity index is 2.97. The average Bonchev–Trinajstić information content (AvgIpc) is 2.27. The predicted octanol–water partition coefficient (Wildman–Crippen LogP) is 2.45. The first-order valence-electron chi connectivity index (χ1n) is 5.35. The summed E-state index contributed by atoms with van der Waals surface area (Å²) in [6, 6.07) is 3.47. The molecule has 1 aromatic carbocycles. The van der Waals surface area contributed by atoms with Crippen LogP contribution in [0.3, 0.4) is 0 Å². The highest BCUT2D eigenvalue weighted by Crippen LogP contribution is 2.23. The van der Waals surface area contributed by atoms with E-state index in [1.807, 2.05) is 6.92 Å². The van der Waals surface area contributed by atoms with Crippen molar-refractivity contribution in [2.24, 2.45) is 0 Å². The minimum atomic E-state index is -3.64. The highest BCUT2D eigenvalue weighted by molar-refractivity contribution is 8.13. The van der Waals surface area contributed by atoms with E-state index in [4.69, 9.17) is 15.4 Å². The number of carbonyl (C=O) groups excluding carboxylic acids is 1. The van der Waals surface area contributed by atoms with Crippen LogP contribution in [0.25, 0.3) is 0 Å². The Kier molecular flexibility index (Phi) is 4.76. The summed E-state index contributed by atoms with van der Waals surface area (Å²) in [5.41, 5.74) is 2.10. The van der Waals surface area contributed by atoms with Crippen LogP contribution in [-0.4, -0.2) is 27.1 Å². The summed E-state index contributed by atoms with van der Waals surface area (Å²) in [5, 5.41) is 0. The number of carbonyl (C=O) groups is 1. The molecule has 0 aliphatic carbocycles. The van der Waals surface area contributed by atoms with Crippen LogP contribution in [0, 0.1) is 13.8 Å². The number of aryl methyl sites for hydroxylation is 2. The van der Waals surface area contributed by atoms with Gasteiger partial charge in [-0.25, -0.2) is 8.42 Å². The smallest absolute Gasteiger partial charge is 0.233 e. The standard InChI is InChI=1S/C12H15ClO4S/c1-8-7-12(17-3)9(2)6-10(8)11(14)4-5-18(13,15)16/h6-7H,4-5H2,1-3H3. The third-order valence-corrected chi connectivity index (χ3v) is 3.77. The Morgan fingerprint density at radius 1 is 1.28 bits per heavy atom. The molecule has 0 atom stereocenters. The van der Waals surface area contributed by atoms with Crippen LogP contribution < -0.4 is 4.74 Å². The SMILES string of the molecule is COc1cc(C)c(C(=O)CCS(=O)(=O)Cl)cc1C. The number of ether oxygens (including phenoxy) is 1. The third kappa shape index (κ3) is 3.99. The molecule has 0 aliphatic heterocycles. The third-order valence-electron chi connectivity index (χ3n) is 2.62. The van der Waals surface area contributed by atoms with Gasteiger partial charge in [0.05, 0.1) is 12.9 Å². The average molecular weight is 291 g/mol. The molecule has 0 bridgehead atoms. The van der Waals surface area contributed by atoms with E-state index in [1.165, 1.54) is 0 Å². The molecule has 0 radical (unpaired) electrons. The first kappa shape index (κ1) is 15.0. The highest BCUT2D eigenvalue weighted by atomic mass is 35.7. The van der Waals surface area contributed by atoms with Gasteiger partial charge in [0.25, 0.3) is 0 Å². The van der Waals surface area contributed by atoms with E-state index in [9.17, 15) is 13.2 Å². The number of methoxy groups -OCH3 is 1. The number of rotatable bonds is 5. The molecule has 0 unspecified atom stereocenters. The van der Waals surface area contributed by atoms with Crippen molar-refractivity contribution in [3.05, 3.63) is 28.8 Å². The summed E-state index contributed by atoms with van der Waals surface area (Å²) in [6.07, 6.45) is -0.113. The molecule has 100 valence electrons. The minimum absolute atomic E-state index is 0.113. The molecule has 1 aromatic rings. The quantitative estimate of drug-likeness (QED) is 0.617. The van der Waals surface area contributed by atoms with Crippen molar-refractivity contribution >= 4 is 25.5 Å². The van der Waals surface area contributed by atoms with Gasteiger partial charge in [0.15, 0.2) is 5.78 Å². The second kappa shape index (κ2) is 5.71. The molecular weight excluding hydrogens is 276 g/mol. The number of hydrogen-bond acceptors (Lipinski definition) is 4. The van der Waals surface area contributed by atoms with Crippen molar-refractivity contribution < 1.29 is 17.9 Å². The molecule has 0 N–H and O–H groups in total. The van der Waals surface area contributed by atoms with E-state index in [0.29, 0.717) is 11.3 Å². The Morgan fingerprint density at radius 3 is 2.39 bits per heavy atom. The van der Waals surface area contributed by atoms with Crippen LogP contribution in [0.15, 0.2) is 12.1 Å². The molecule has 0 fully saturated rings. The van der Waals surface area contributed by atoms with E-state index in [2.05, 4.69) is 0 Å². The lowest BCUT2D eigenvalue weighted by Crippen LogP contribution is -2.08. The van der Waals surface area contributed by atoms with Crippen LogP contribution in [0.1, 0.15) is 27.9 Å². The van der Waals surface area contributed by atoms with E-state index in [1.54, 1.807) is 26.2 Å². The van der Waals surface area contributed by atoms with Crippen molar-refractivity contribution in [3.8, 4) is 5.75 Å². The van der Waals surface area contributed by atoms with E-state index in [0.717, 1.165) is 11.1 Å². The zero-order chi connectivity index (χ0) is 13.9. The van der Waals surface area contributed by atoms with Gasteiger partial charge in [0.1, 0.15) is 5.75 Å². The molecular formula is C12H15ClO4S. The molecule has 18 heavy (non-hydrogen) atoms. The Morgan fingerprint density at radius 2 is 1.89 bits per heavy atom. The molecule has 6 heteroatoms. The first-order valence-corrected chi connectivity index (χ1v) is 7.83. The summed E-state index contributed by atoms with van der Waals surface area (Å²) in [4.78, 5) is 11.9. The fraction of sp³-hybridized carbons (Fsp3) is 0.417. The van der Waals surface area contributed by atoms with Crippen molar-refractivity contribution in [1.82, 2.24) is 0 Å². The maximum atomic E-state index is 11.9. The zero-order valence-corrected chi connectivity index (χ0v) is 12.1. The lowest BCUT2D eigenvalue weighted by Gasteiger charge is -2.10. The van der Waals surface area contributed by atoms with Gasteiger partial charge >= 0.3 is 0 Å². The number of Topliss-reactive ketones (excluding diaryl/α,β-unsaturated/α-hetero) is 1. The second-order valence-corrected chi connectivity index (χ2v) is 6.95. The first-order chi connectivity index (χ1) is 8.24. The van der Waals surface area contributed by atoms with Crippen molar-refractivity contribution in [1.29, 1.82) is 0 Å². The lowest BCUT2D eigenvalue weighted by molar-refractivity contribution is 0.0988. The van der Waals surface area contributed by atoms with Gasteiger partial charge in [-0.15, -0.1) is 0 Å². The Hall–Kier alpha value is -1.07. The number of benzene rings is 1. The summed E-state index contributed by atoms with van der Waals surface area (Å²) in [7, 11) is 3.01. The number of ketones is 1. The molecule has 1 rings (SSSR count). The van der Waals surface area contributed by atoms with Crippen molar-refractivity contribution in [3.63, 3.8) is 0 Å². The van der Waals surface area contributed by atoms with Gasteiger partial charge in [-0.2, -0.15) is 0 Å². The van der Waals surface area contributed by atoms with Crippen LogP contribution >= 0.6 is 10.7 Å². The molecule has 0 aliphatic rings. The van der Waals surface area contributed by atoms with Gasteiger partial charge in [-0.05, 0) is 37.1 Å². The van der Waals surface area contributed by atoms with Gasteiger partial charge in [0, 0.05) is 22.7 Å². The second-order valence-electron chi connectivity index (χ2n) is 4.05. The van der Waals surface area contributed by atoms with E-state index < -0.39 is 9.05 Å². The summed E-state index contributed by atoms with van der Waals surface area (Å²) in [5.74, 6) is 0.120. The van der Waals surface area contributed by atoms with Crippen molar-refractivity contribution in [2.45, 2.75) is 20.3 Å². The largest absolute Gasteiger partial charge is 0.496 e. The Bertz CT molecular complexity index is 564. The molecule has 0 amide bonds. The predicted molar refractivity (Wildman–Crippen MR) is 71.1 cm³/mol. The van der Waals surface area contributed by atoms with E-state index >= 15 is 0 Å². The number of hydrogen-bond donors (Lipinski definition) is 0. The fourth-order valence-electron chi connectivity index (χ4n) is 1.66. The summed E-state index contributed by atoms with van der Waals surface area (Å²) in [6.45, 7) is 3.61. The van der Waals surface area contributed by atoms with Gasteiger partial charge in [0.2, 0.25) is 9.05 Å². The zero-order valence-electron chi connectivity index (χ0n) is 10.5. The van der Waals surface area contributed by atoms with Crippen LogP contribution in [0.5, 0.6) is 5.75 Å². The molecule has 0 saturated heterocycles. The minimum Gasteiger partial charge on any atom is -0.496 e. The normalized spacial score (nSPS) is 11.3. The van der Waals surface area contributed by atoms with Gasteiger partial charge in [-0.3, -0.25) is 4.79 Å². The van der Waals surface area contributed by atoms with Gasteiger partial charge < -0.3 is 4.74 Å². The van der Waals surface area contributed by atoms with Crippen LogP contribution in [-0.2, 0) is 9.05 Å². The highest BCUT2D eigenvalue weighted by Gasteiger charge is 2.15. The fourth-order valence-corrected chi connectivity index (χ4v) is 2.32. The summed E-state index contributed by atoms with van der Waals surface area (Å²) < 4.78 is 26.8. The Labute approximate surface area is 111 Å². The molecule has 0 heterocycles. The van der Waals surface area contributed by atoms with Crippen molar-refractivity contribution in [2.75, 3.05) is 12.9 Å². The number of halogens is 1. The van der Waals surface area contributed by atoms with Crippen LogP contribution in [0.2, 0.25) is 0 Å². The van der Waals surface area contributed by atoms with Gasteiger partial charge in [-0.1, -0.05) is 0 Å². The molecule has 0 saturated carbocycles. The molecule has 0 spiro atoms. The monoisotopic (exact) mass is 290 g/mol. The van der Waals surface area contributed by atoms with E-state index in [-0.39, 0.29) is 18.0 Å². The maximum Gasteiger partial charge on any atom is 0.233 e. The molecule has 4 nitrogen and oxygen atoms in total. The summed E-state index contributed by atoms with van der Waals surface area (Å²) >= 11 is 0. The maximum absolute atomic E-state index is 11.9. The molecule has 0 aromatic heterocycles. The topological polar surface area (TPSA) is 60.4 Å².